The number of sulfonamides is 1. The fraction of sp³-hybridized carbons (Fsp3) is 0.227. The number of rotatable bonds is 7. The second kappa shape index (κ2) is 8.88. The van der Waals surface area contributed by atoms with E-state index >= 15 is 0 Å². The van der Waals surface area contributed by atoms with E-state index in [1.165, 1.54) is 42.9 Å². The van der Waals surface area contributed by atoms with Gasteiger partial charge < -0.3 is 5.32 Å². The predicted octanol–water partition coefficient (Wildman–Crippen LogP) is 0.923. The first-order valence-electron chi connectivity index (χ1n) is 10.3. The largest absolute Gasteiger partial charge is 0.355 e. The van der Waals surface area contributed by atoms with Gasteiger partial charge in [-0.2, -0.15) is 4.98 Å². The minimum atomic E-state index is -3.76. The summed E-state index contributed by atoms with van der Waals surface area (Å²) in [6.07, 6.45) is 0.529. The molecule has 0 aliphatic carbocycles. The first-order valence-corrected chi connectivity index (χ1v) is 11.9. The molecule has 10 nitrogen and oxygen atoms in total. The third kappa shape index (κ3) is 4.50. The van der Waals surface area contributed by atoms with E-state index in [2.05, 4.69) is 10.3 Å². The number of benzene rings is 2. The zero-order valence-electron chi connectivity index (χ0n) is 18.5. The molecule has 2 aromatic carbocycles. The lowest BCUT2D eigenvalue weighted by Crippen LogP contribution is -2.37. The van der Waals surface area contributed by atoms with Crippen molar-refractivity contribution in [3.63, 3.8) is 0 Å². The molecule has 2 aromatic heterocycles. The maximum absolute atomic E-state index is 13.4. The van der Waals surface area contributed by atoms with Gasteiger partial charge in [-0.25, -0.2) is 22.7 Å². The highest BCUT2D eigenvalue weighted by Crippen LogP contribution is 2.18. The van der Waals surface area contributed by atoms with E-state index in [0.717, 1.165) is 15.7 Å². The quantitative estimate of drug-likeness (QED) is 0.399. The van der Waals surface area contributed by atoms with Crippen LogP contribution in [-0.4, -0.2) is 33.6 Å². The normalized spacial score (nSPS) is 11.8. The van der Waals surface area contributed by atoms with Crippen LogP contribution in [0, 0.1) is 5.82 Å². The van der Waals surface area contributed by atoms with Crippen LogP contribution in [0.4, 0.5) is 10.3 Å². The Morgan fingerprint density at radius 3 is 2.21 bits per heavy atom. The average Bonchev–Trinajstić information content (AvgIpc) is 3.15. The second-order valence-corrected chi connectivity index (χ2v) is 9.45. The van der Waals surface area contributed by atoms with Gasteiger partial charge in [0.1, 0.15) is 5.82 Å². The molecule has 12 heteroatoms. The van der Waals surface area contributed by atoms with Gasteiger partial charge in [0.05, 0.1) is 11.4 Å². The fourth-order valence-corrected chi connectivity index (χ4v) is 4.19. The summed E-state index contributed by atoms with van der Waals surface area (Å²) < 4.78 is 40.2. The smallest absolute Gasteiger partial charge is 0.332 e. The van der Waals surface area contributed by atoms with E-state index in [-0.39, 0.29) is 28.4 Å². The Kier molecular flexibility index (Phi) is 6.11. The molecule has 178 valence electrons. The number of nitrogens with one attached hydrogen (secondary N) is 1. The molecule has 0 saturated heterocycles. The summed E-state index contributed by atoms with van der Waals surface area (Å²) in [4.78, 5) is 29.8. The lowest BCUT2D eigenvalue weighted by atomic mass is 10.1. The average molecular weight is 487 g/mol. The van der Waals surface area contributed by atoms with E-state index in [1.54, 1.807) is 28.8 Å². The molecule has 0 bridgehead atoms. The first kappa shape index (κ1) is 23.4. The third-order valence-electron chi connectivity index (χ3n) is 5.55. The fourth-order valence-electron chi connectivity index (χ4n) is 3.67. The Labute approximate surface area is 194 Å². The highest BCUT2D eigenvalue weighted by atomic mass is 32.2. The van der Waals surface area contributed by atoms with Gasteiger partial charge in [-0.3, -0.25) is 18.5 Å². The van der Waals surface area contributed by atoms with E-state index < -0.39 is 21.3 Å². The van der Waals surface area contributed by atoms with Crippen LogP contribution < -0.4 is 21.7 Å². The molecule has 0 fully saturated rings. The Morgan fingerprint density at radius 2 is 1.59 bits per heavy atom. The van der Waals surface area contributed by atoms with Crippen LogP contribution >= 0.6 is 0 Å². The number of hydrogen-bond donors (Lipinski definition) is 2. The standard InChI is InChI=1S/C22H23FN6O4S/c1-27-19-18(20(30)28(2)22(27)31)29(13-15-3-7-16(23)8-4-15)21(26-19)25-12-11-14-5-9-17(10-6-14)34(24,32)33/h3-10H,11-13H2,1-2H3,(H,25,26)(H2,24,32,33). The Bertz CT molecular complexity index is 1590. The molecule has 0 atom stereocenters. The first-order chi connectivity index (χ1) is 16.1. The van der Waals surface area contributed by atoms with Crippen LogP contribution in [0.2, 0.25) is 0 Å². The summed E-state index contributed by atoms with van der Waals surface area (Å²) >= 11 is 0. The highest BCUT2D eigenvalue weighted by molar-refractivity contribution is 7.89. The summed E-state index contributed by atoms with van der Waals surface area (Å²) in [7, 11) is -0.825. The summed E-state index contributed by atoms with van der Waals surface area (Å²) in [5.41, 5.74) is 1.11. The van der Waals surface area contributed by atoms with Gasteiger partial charge >= 0.3 is 5.69 Å². The minimum Gasteiger partial charge on any atom is -0.355 e. The van der Waals surface area contributed by atoms with Crippen molar-refractivity contribution in [1.29, 1.82) is 0 Å². The summed E-state index contributed by atoms with van der Waals surface area (Å²) in [6, 6.07) is 12.1. The van der Waals surface area contributed by atoms with Crippen LogP contribution in [0.3, 0.4) is 0 Å². The van der Waals surface area contributed by atoms with Crippen LogP contribution in [0.25, 0.3) is 11.2 Å². The summed E-state index contributed by atoms with van der Waals surface area (Å²) in [5.74, 6) is 0.00290. The molecule has 0 unspecified atom stereocenters. The number of anilines is 1. The lowest BCUT2D eigenvalue weighted by molar-refractivity contribution is 0.597. The van der Waals surface area contributed by atoms with Crippen molar-refractivity contribution in [3.8, 4) is 0 Å². The molecule has 4 aromatic rings. The number of nitrogens with zero attached hydrogens (tertiary/aromatic N) is 4. The zero-order chi connectivity index (χ0) is 24.6. The molecule has 2 heterocycles. The molecule has 4 rings (SSSR count). The van der Waals surface area contributed by atoms with Gasteiger partial charge in [0, 0.05) is 20.6 Å². The van der Waals surface area contributed by atoms with E-state index in [4.69, 9.17) is 5.14 Å². The lowest BCUT2D eigenvalue weighted by Gasteiger charge is -2.11. The number of aromatic nitrogens is 4. The molecule has 0 spiro atoms. The van der Waals surface area contributed by atoms with E-state index in [0.29, 0.717) is 18.9 Å². The van der Waals surface area contributed by atoms with Crippen LogP contribution in [0.15, 0.2) is 63.0 Å². The van der Waals surface area contributed by atoms with Gasteiger partial charge in [0.15, 0.2) is 11.2 Å². The van der Waals surface area contributed by atoms with Crippen molar-refractivity contribution >= 4 is 27.1 Å². The minimum absolute atomic E-state index is 0.0297. The van der Waals surface area contributed by atoms with Crippen molar-refractivity contribution < 1.29 is 12.8 Å². The van der Waals surface area contributed by atoms with Gasteiger partial charge in [-0.1, -0.05) is 24.3 Å². The van der Waals surface area contributed by atoms with E-state index in [9.17, 15) is 22.4 Å². The van der Waals surface area contributed by atoms with Crippen molar-refractivity contribution in [2.24, 2.45) is 19.2 Å². The number of fused-ring (bicyclic) bond motifs is 1. The number of hydrogen-bond acceptors (Lipinski definition) is 6. The number of imidazole rings is 1. The number of aryl methyl sites for hydroxylation is 1. The number of halogens is 1. The molecule has 0 aliphatic rings. The topological polar surface area (TPSA) is 134 Å². The Hall–Kier alpha value is -3.77. The van der Waals surface area contributed by atoms with Crippen molar-refractivity contribution in [2.45, 2.75) is 17.9 Å². The van der Waals surface area contributed by atoms with Gasteiger partial charge in [-0.05, 0) is 41.8 Å². The van der Waals surface area contributed by atoms with Crippen molar-refractivity contribution in [1.82, 2.24) is 18.7 Å². The molecule has 0 amide bonds. The second-order valence-electron chi connectivity index (χ2n) is 7.89. The van der Waals surface area contributed by atoms with E-state index in [1.807, 2.05) is 0 Å². The molecule has 0 aliphatic heterocycles. The summed E-state index contributed by atoms with van der Waals surface area (Å²) in [5, 5.41) is 8.32. The molecule has 0 saturated carbocycles. The predicted molar refractivity (Wildman–Crippen MR) is 126 cm³/mol. The van der Waals surface area contributed by atoms with Crippen molar-refractivity contribution in [2.75, 3.05) is 11.9 Å². The number of nitrogens with two attached hydrogens (primary N) is 1. The molecular weight excluding hydrogens is 463 g/mol. The van der Waals surface area contributed by atoms with Crippen LogP contribution in [0.1, 0.15) is 11.1 Å². The SMILES string of the molecule is Cn1c(=O)c2c(nc(NCCc3ccc(S(N)(=O)=O)cc3)n2Cc2ccc(F)cc2)n(C)c1=O. The Balaban J connectivity index is 1.67. The Morgan fingerprint density at radius 1 is 0.971 bits per heavy atom. The van der Waals surface area contributed by atoms with Gasteiger partial charge in [0.25, 0.3) is 5.56 Å². The molecular formula is C22H23FN6O4S. The molecule has 34 heavy (non-hydrogen) atoms. The van der Waals surface area contributed by atoms with Crippen LogP contribution in [-0.2, 0) is 37.1 Å². The highest BCUT2D eigenvalue weighted by Gasteiger charge is 2.19. The molecule has 3 N–H and O–H groups in total. The monoisotopic (exact) mass is 486 g/mol. The zero-order valence-corrected chi connectivity index (χ0v) is 19.3. The maximum Gasteiger partial charge on any atom is 0.332 e. The van der Waals surface area contributed by atoms with Gasteiger partial charge in [-0.15, -0.1) is 0 Å². The maximum atomic E-state index is 13.4. The summed E-state index contributed by atoms with van der Waals surface area (Å²) in [6.45, 7) is 0.644. The van der Waals surface area contributed by atoms with Gasteiger partial charge in [0.2, 0.25) is 16.0 Å². The third-order valence-corrected chi connectivity index (χ3v) is 6.48. The molecule has 0 radical (unpaired) electrons. The van der Waals surface area contributed by atoms with Crippen LogP contribution in [0.5, 0.6) is 0 Å². The number of primary sulfonamides is 1. The van der Waals surface area contributed by atoms with Crippen molar-refractivity contribution in [3.05, 3.63) is 86.3 Å².